The molecule has 0 saturated carbocycles. The van der Waals surface area contributed by atoms with Gasteiger partial charge < -0.3 is 14.8 Å². The molecule has 1 saturated heterocycles. The Balaban J connectivity index is 1.59. The van der Waals surface area contributed by atoms with Gasteiger partial charge >= 0.3 is 0 Å². The SMILES string of the molecule is COc1ccc(NC2=C(c3ccccc3)C(=O)N(CCN3CCOCC3)C2=O)cc1. The van der Waals surface area contributed by atoms with Gasteiger partial charge in [-0.25, -0.2) is 0 Å². The number of nitrogens with one attached hydrogen (secondary N) is 1. The van der Waals surface area contributed by atoms with Crippen molar-refractivity contribution in [3.05, 3.63) is 65.9 Å². The summed E-state index contributed by atoms with van der Waals surface area (Å²) in [6.45, 7) is 3.97. The van der Waals surface area contributed by atoms with Crippen LogP contribution in [0, 0.1) is 0 Å². The van der Waals surface area contributed by atoms with E-state index in [0.29, 0.717) is 37.6 Å². The zero-order chi connectivity index (χ0) is 20.9. The molecule has 2 aromatic rings. The normalized spacial score (nSPS) is 17.6. The van der Waals surface area contributed by atoms with Crippen LogP contribution in [0.3, 0.4) is 0 Å². The highest BCUT2D eigenvalue weighted by Crippen LogP contribution is 2.30. The van der Waals surface area contributed by atoms with E-state index in [2.05, 4.69) is 10.2 Å². The van der Waals surface area contributed by atoms with Crippen molar-refractivity contribution in [3.8, 4) is 5.75 Å². The lowest BCUT2D eigenvalue weighted by Crippen LogP contribution is -2.43. The van der Waals surface area contributed by atoms with Crippen molar-refractivity contribution in [2.24, 2.45) is 0 Å². The van der Waals surface area contributed by atoms with Gasteiger partial charge in [-0.3, -0.25) is 19.4 Å². The average Bonchev–Trinajstić information content (AvgIpc) is 3.03. The lowest BCUT2D eigenvalue weighted by molar-refractivity contribution is -0.137. The van der Waals surface area contributed by atoms with E-state index < -0.39 is 0 Å². The molecule has 0 unspecified atom stereocenters. The lowest BCUT2D eigenvalue weighted by atomic mass is 10.0. The average molecular weight is 407 g/mol. The van der Waals surface area contributed by atoms with Crippen LogP contribution >= 0.6 is 0 Å². The Morgan fingerprint density at radius 1 is 0.933 bits per heavy atom. The van der Waals surface area contributed by atoms with Gasteiger partial charge in [0, 0.05) is 31.9 Å². The van der Waals surface area contributed by atoms with E-state index in [9.17, 15) is 9.59 Å². The van der Waals surface area contributed by atoms with Crippen LogP contribution < -0.4 is 10.1 Å². The van der Waals surface area contributed by atoms with E-state index in [4.69, 9.17) is 9.47 Å². The second-order valence-corrected chi connectivity index (χ2v) is 7.19. The molecule has 4 rings (SSSR count). The van der Waals surface area contributed by atoms with Crippen LogP contribution in [0.2, 0.25) is 0 Å². The van der Waals surface area contributed by atoms with Crippen LogP contribution in [0.15, 0.2) is 60.3 Å². The van der Waals surface area contributed by atoms with Crippen LogP contribution in [0.25, 0.3) is 5.57 Å². The fraction of sp³-hybridized carbons (Fsp3) is 0.304. The molecule has 2 aromatic carbocycles. The molecule has 0 aliphatic carbocycles. The number of anilines is 1. The number of methoxy groups -OCH3 is 1. The van der Waals surface area contributed by atoms with Gasteiger partial charge in [-0.15, -0.1) is 0 Å². The van der Waals surface area contributed by atoms with Crippen LogP contribution in [-0.2, 0) is 14.3 Å². The monoisotopic (exact) mass is 407 g/mol. The summed E-state index contributed by atoms with van der Waals surface area (Å²) in [4.78, 5) is 30.0. The van der Waals surface area contributed by atoms with Crippen molar-refractivity contribution >= 4 is 23.1 Å². The summed E-state index contributed by atoms with van der Waals surface area (Å²) in [7, 11) is 1.60. The summed E-state index contributed by atoms with van der Waals surface area (Å²) in [6.07, 6.45) is 0. The molecule has 2 amide bonds. The molecule has 2 aliphatic heterocycles. The van der Waals surface area contributed by atoms with E-state index in [1.165, 1.54) is 4.90 Å². The summed E-state index contributed by atoms with van der Waals surface area (Å²) in [6, 6.07) is 16.6. The second kappa shape index (κ2) is 9.11. The first-order chi connectivity index (χ1) is 14.7. The standard InChI is InChI=1S/C23H25N3O4/c1-29-19-9-7-18(8-10-19)24-21-20(17-5-3-2-4-6-17)22(27)26(23(21)28)12-11-25-13-15-30-16-14-25/h2-10,24H,11-16H2,1H3. The maximum Gasteiger partial charge on any atom is 0.278 e. The molecule has 0 spiro atoms. The molecule has 0 aromatic heterocycles. The van der Waals surface area contributed by atoms with Crippen molar-refractivity contribution in [2.45, 2.75) is 0 Å². The predicted octanol–water partition coefficient (Wildman–Crippen LogP) is 2.22. The van der Waals surface area contributed by atoms with Gasteiger partial charge in [-0.05, 0) is 29.8 Å². The first-order valence-electron chi connectivity index (χ1n) is 10.0. The van der Waals surface area contributed by atoms with Gasteiger partial charge in [-0.2, -0.15) is 0 Å². The number of benzene rings is 2. The minimum atomic E-state index is -0.303. The Bertz CT molecular complexity index is 935. The predicted molar refractivity (Wildman–Crippen MR) is 114 cm³/mol. The maximum absolute atomic E-state index is 13.2. The Hall–Kier alpha value is -3.16. The van der Waals surface area contributed by atoms with Crippen molar-refractivity contribution in [3.63, 3.8) is 0 Å². The fourth-order valence-corrected chi connectivity index (χ4v) is 3.65. The topological polar surface area (TPSA) is 71.1 Å². The number of carbonyl (C=O) groups is 2. The Labute approximate surface area is 175 Å². The summed E-state index contributed by atoms with van der Waals surface area (Å²) < 4.78 is 10.6. The van der Waals surface area contributed by atoms with Crippen molar-refractivity contribution in [1.29, 1.82) is 0 Å². The maximum atomic E-state index is 13.2. The highest BCUT2D eigenvalue weighted by atomic mass is 16.5. The van der Waals surface area contributed by atoms with Gasteiger partial charge in [0.15, 0.2) is 0 Å². The zero-order valence-electron chi connectivity index (χ0n) is 17.0. The molecule has 2 aliphatic rings. The Morgan fingerprint density at radius 2 is 1.63 bits per heavy atom. The molecule has 0 atom stereocenters. The first-order valence-corrected chi connectivity index (χ1v) is 10.0. The zero-order valence-corrected chi connectivity index (χ0v) is 17.0. The molecule has 7 heteroatoms. The van der Waals surface area contributed by atoms with Gasteiger partial charge in [0.2, 0.25) is 0 Å². The third-order valence-corrected chi connectivity index (χ3v) is 5.33. The van der Waals surface area contributed by atoms with E-state index in [1.807, 2.05) is 54.6 Å². The molecular formula is C23H25N3O4. The van der Waals surface area contributed by atoms with Crippen LogP contribution in [0.4, 0.5) is 5.69 Å². The van der Waals surface area contributed by atoms with E-state index in [-0.39, 0.29) is 11.8 Å². The molecule has 1 N–H and O–H groups in total. The Kier molecular flexibility index (Phi) is 6.11. The highest BCUT2D eigenvalue weighted by Gasteiger charge is 2.39. The quantitative estimate of drug-likeness (QED) is 0.710. The second-order valence-electron chi connectivity index (χ2n) is 7.19. The van der Waals surface area contributed by atoms with Crippen molar-refractivity contribution < 1.29 is 19.1 Å². The number of morpholine rings is 1. The molecule has 1 fully saturated rings. The van der Waals surface area contributed by atoms with Crippen LogP contribution in [0.1, 0.15) is 5.56 Å². The number of rotatable bonds is 7. The van der Waals surface area contributed by atoms with E-state index >= 15 is 0 Å². The number of ether oxygens (including phenoxy) is 2. The van der Waals surface area contributed by atoms with Gasteiger partial charge in [0.1, 0.15) is 11.4 Å². The molecule has 7 nitrogen and oxygen atoms in total. The number of hydrogen-bond donors (Lipinski definition) is 1. The number of nitrogens with zero attached hydrogens (tertiary/aromatic N) is 2. The van der Waals surface area contributed by atoms with Crippen molar-refractivity contribution in [1.82, 2.24) is 9.80 Å². The number of carbonyl (C=O) groups excluding carboxylic acids is 2. The molecule has 156 valence electrons. The minimum absolute atomic E-state index is 0.268. The third-order valence-electron chi connectivity index (χ3n) is 5.33. The van der Waals surface area contributed by atoms with Crippen molar-refractivity contribution in [2.75, 3.05) is 51.8 Å². The van der Waals surface area contributed by atoms with Gasteiger partial charge in [0.05, 0.1) is 25.9 Å². The summed E-state index contributed by atoms with van der Waals surface area (Å²) >= 11 is 0. The molecule has 0 radical (unpaired) electrons. The summed E-state index contributed by atoms with van der Waals surface area (Å²) in [5.74, 6) is 0.150. The molecule has 0 bridgehead atoms. The van der Waals surface area contributed by atoms with Crippen LogP contribution in [-0.4, -0.2) is 68.1 Å². The number of amides is 2. The van der Waals surface area contributed by atoms with E-state index in [0.717, 1.165) is 30.1 Å². The summed E-state index contributed by atoms with van der Waals surface area (Å²) in [5.41, 5.74) is 2.15. The van der Waals surface area contributed by atoms with Crippen LogP contribution in [0.5, 0.6) is 5.75 Å². The first kappa shape index (κ1) is 20.1. The minimum Gasteiger partial charge on any atom is -0.497 e. The number of imide groups is 1. The van der Waals surface area contributed by atoms with Gasteiger partial charge in [-0.1, -0.05) is 30.3 Å². The summed E-state index contributed by atoms with van der Waals surface area (Å²) in [5, 5.41) is 3.17. The number of hydrogen-bond acceptors (Lipinski definition) is 6. The van der Waals surface area contributed by atoms with E-state index in [1.54, 1.807) is 7.11 Å². The molecule has 30 heavy (non-hydrogen) atoms. The fourth-order valence-electron chi connectivity index (χ4n) is 3.65. The molecule has 2 heterocycles. The Morgan fingerprint density at radius 3 is 2.30 bits per heavy atom. The largest absolute Gasteiger partial charge is 0.497 e. The third kappa shape index (κ3) is 4.22. The van der Waals surface area contributed by atoms with Gasteiger partial charge in [0.25, 0.3) is 11.8 Å². The smallest absolute Gasteiger partial charge is 0.278 e. The highest BCUT2D eigenvalue weighted by molar-refractivity contribution is 6.36. The molecular weight excluding hydrogens is 382 g/mol. The lowest BCUT2D eigenvalue weighted by Gasteiger charge is -2.28.